The van der Waals surface area contributed by atoms with Crippen LogP contribution < -0.4 is 11.1 Å². The number of halogens is 1. The van der Waals surface area contributed by atoms with Gasteiger partial charge in [0.15, 0.2) is 5.96 Å². The molecule has 2 unspecified atom stereocenters. The van der Waals surface area contributed by atoms with Gasteiger partial charge in [0.25, 0.3) is 0 Å². The smallest absolute Gasteiger partial charge is 0.188 e. The van der Waals surface area contributed by atoms with Crippen LogP contribution in [0.25, 0.3) is 0 Å². The van der Waals surface area contributed by atoms with Crippen LogP contribution in [-0.4, -0.2) is 80.4 Å². The molecule has 2 aliphatic rings. The Balaban J connectivity index is 0.00000320. The van der Waals surface area contributed by atoms with Crippen LogP contribution in [0.2, 0.25) is 0 Å². The first kappa shape index (κ1) is 25.3. The maximum Gasteiger partial charge on any atom is 0.188 e. The van der Waals surface area contributed by atoms with Crippen molar-refractivity contribution in [2.24, 2.45) is 10.7 Å². The number of guanidine groups is 1. The third-order valence-electron chi connectivity index (χ3n) is 5.49. The number of nitrogens with two attached hydrogens (primary N) is 1. The molecule has 0 radical (unpaired) electrons. The fourth-order valence-electron chi connectivity index (χ4n) is 4.09. The van der Waals surface area contributed by atoms with E-state index < -0.39 is 0 Å². The number of aliphatic imine (C=N–C) groups is 1. The number of morpholine rings is 2. The highest BCUT2D eigenvalue weighted by Crippen LogP contribution is 2.17. The van der Waals surface area contributed by atoms with Crippen molar-refractivity contribution in [3.8, 4) is 0 Å². The molecule has 2 atom stereocenters. The predicted molar refractivity (Wildman–Crippen MR) is 132 cm³/mol. The van der Waals surface area contributed by atoms with Crippen molar-refractivity contribution in [1.29, 1.82) is 0 Å². The van der Waals surface area contributed by atoms with Crippen LogP contribution >= 0.6 is 24.0 Å². The lowest BCUT2D eigenvalue weighted by Crippen LogP contribution is -2.44. The number of rotatable bonds is 8. The van der Waals surface area contributed by atoms with Crippen molar-refractivity contribution < 1.29 is 9.47 Å². The summed E-state index contributed by atoms with van der Waals surface area (Å²) in [4.78, 5) is 9.47. The summed E-state index contributed by atoms with van der Waals surface area (Å²) in [5.41, 5.74) is 8.64. The third kappa shape index (κ3) is 8.66. The lowest BCUT2D eigenvalue weighted by atomic mass is 10.1. The van der Waals surface area contributed by atoms with Crippen molar-refractivity contribution in [3.05, 3.63) is 35.4 Å². The van der Waals surface area contributed by atoms with Gasteiger partial charge in [-0.05, 0) is 37.9 Å². The van der Waals surface area contributed by atoms with E-state index in [1.807, 2.05) is 0 Å². The molecule has 0 spiro atoms. The van der Waals surface area contributed by atoms with Crippen LogP contribution in [-0.2, 0) is 22.6 Å². The van der Waals surface area contributed by atoms with Crippen molar-refractivity contribution in [2.45, 2.75) is 45.6 Å². The first-order chi connectivity index (χ1) is 14.1. The molecule has 170 valence electrons. The molecule has 2 saturated heterocycles. The van der Waals surface area contributed by atoms with Gasteiger partial charge in [-0.2, -0.15) is 0 Å². The Morgan fingerprint density at radius 3 is 2.47 bits per heavy atom. The topological polar surface area (TPSA) is 75.4 Å². The Hall–Kier alpha value is -0.940. The van der Waals surface area contributed by atoms with Gasteiger partial charge in [-0.15, -0.1) is 24.0 Å². The molecule has 8 heteroatoms. The molecular weight excluding hydrogens is 493 g/mol. The van der Waals surface area contributed by atoms with Gasteiger partial charge in [0.05, 0.1) is 32.0 Å². The van der Waals surface area contributed by atoms with E-state index in [0.29, 0.717) is 12.5 Å². The molecule has 30 heavy (non-hydrogen) atoms. The van der Waals surface area contributed by atoms with Crippen LogP contribution in [0.5, 0.6) is 0 Å². The molecule has 3 N–H and O–H groups in total. The summed E-state index contributed by atoms with van der Waals surface area (Å²) >= 11 is 0. The fraction of sp³-hybridized carbons (Fsp3) is 0.682. The van der Waals surface area contributed by atoms with Gasteiger partial charge in [0.2, 0.25) is 0 Å². The van der Waals surface area contributed by atoms with Gasteiger partial charge in [-0.25, -0.2) is 4.99 Å². The second-order valence-electron chi connectivity index (χ2n) is 8.16. The van der Waals surface area contributed by atoms with E-state index in [2.05, 4.69) is 58.2 Å². The number of nitrogens with one attached hydrogen (secondary N) is 1. The monoisotopic (exact) mass is 531 g/mol. The standard InChI is InChI=1S/C22H37N5O2.HI/c1-18-15-27(16-19(2)29-18)17-21-7-4-3-6-20(21)14-25-22(23)24-8-5-9-26-10-12-28-13-11-26;/h3-4,6-7,18-19H,5,8-17H2,1-2H3,(H3,23,24,25);1H. The van der Waals surface area contributed by atoms with Crippen molar-refractivity contribution in [3.63, 3.8) is 0 Å². The van der Waals surface area contributed by atoms with Crippen LogP contribution in [0, 0.1) is 0 Å². The highest BCUT2D eigenvalue weighted by atomic mass is 127. The summed E-state index contributed by atoms with van der Waals surface area (Å²) < 4.78 is 11.2. The number of ether oxygens (including phenoxy) is 2. The zero-order chi connectivity index (χ0) is 20.5. The van der Waals surface area contributed by atoms with Crippen LogP contribution in [0.15, 0.2) is 29.3 Å². The molecule has 1 aromatic rings. The van der Waals surface area contributed by atoms with E-state index in [1.165, 1.54) is 11.1 Å². The largest absolute Gasteiger partial charge is 0.379 e. The second kappa shape index (κ2) is 13.5. The first-order valence-electron chi connectivity index (χ1n) is 10.9. The Kier molecular flexibility index (Phi) is 11.4. The van der Waals surface area contributed by atoms with Crippen molar-refractivity contribution in [2.75, 3.05) is 52.5 Å². The number of hydrogen-bond donors (Lipinski definition) is 2. The lowest BCUT2D eigenvalue weighted by Gasteiger charge is -2.35. The Labute approximate surface area is 198 Å². The highest BCUT2D eigenvalue weighted by molar-refractivity contribution is 14.0. The fourth-order valence-corrected chi connectivity index (χ4v) is 4.09. The number of nitrogens with zero attached hydrogens (tertiary/aromatic N) is 3. The Morgan fingerprint density at radius 1 is 1.10 bits per heavy atom. The minimum Gasteiger partial charge on any atom is -0.379 e. The lowest BCUT2D eigenvalue weighted by molar-refractivity contribution is -0.0705. The zero-order valence-corrected chi connectivity index (χ0v) is 20.7. The molecule has 7 nitrogen and oxygen atoms in total. The Morgan fingerprint density at radius 2 is 1.77 bits per heavy atom. The van der Waals surface area contributed by atoms with E-state index in [4.69, 9.17) is 15.2 Å². The minimum atomic E-state index is 0. The summed E-state index contributed by atoms with van der Waals surface area (Å²) in [5, 5.41) is 3.25. The van der Waals surface area contributed by atoms with Crippen molar-refractivity contribution in [1.82, 2.24) is 15.1 Å². The van der Waals surface area contributed by atoms with E-state index in [1.54, 1.807) is 0 Å². The molecule has 1 aromatic carbocycles. The van der Waals surface area contributed by atoms with Gasteiger partial charge >= 0.3 is 0 Å². The summed E-state index contributed by atoms with van der Waals surface area (Å²) in [6.07, 6.45) is 1.61. The molecule has 2 fully saturated rings. The van der Waals surface area contributed by atoms with E-state index in [-0.39, 0.29) is 36.2 Å². The SMILES string of the molecule is CC1CN(Cc2ccccc2CN=C(N)NCCCN2CCOCC2)CC(C)O1.I. The molecular formula is C22H38IN5O2. The van der Waals surface area contributed by atoms with E-state index >= 15 is 0 Å². The first-order valence-corrected chi connectivity index (χ1v) is 10.9. The third-order valence-corrected chi connectivity index (χ3v) is 5.49. The maximum absolute atomic E-state index is 6.09. The quantitative estimate of drug-likeness (QED) is 0.232. The molecule has 0 aliphatic carbocycles. The van der Waals surface area contributed by atoms with E-state index in [0.717, 1.165) is 65.4 Å². The van der Waals surface area contributed by atoms with Crippen molar-refractivity contribution >= 4 is 29.9 Å². The van der Waals surface area contributed by atoms with Crippen LogP contribution in [0.3, 0.4) is 0 Å². The number of hydrogen-bond acceptors (Lipinski definition) is 5. The van der Waals surface area contributed by atoms with Crippen LogP contribution in [0.4, 0.5) is 0 Å². The molecule has 0 amide bonds. The van der Waals surface area contributed by atoms with Gasteiger partial charge < -0.3 is 20.5 Å². The van der Waals surface area contributed by atoms with Gasteiger partial charge in [-0.3, -0.25) is 9.80 Å². The Bertz CT molecular complexity index is 644. The molecule has 2 heterocycles. The molecule has 0 bridgehead atoms. The number of benzene rings is 1. The molecule has 3 rings (SSSR count). The summed E-state index contributed by atoms with van der Waals surface area (Å²) in [5.74, 6) is 0.524. The zero-order valence-electron chi connectivity index (χ0n) is 18.4. The summed E-state index contributed by atoms with van der Waals surface area (Å²) in [6.45, 7) is 13.4. The highest BCUT2D eigenvalue weighted by Gasteiger charge is 2.22. The predicted octanol–water partition coefficient (Wildman–Crippen LogP) is 2.04. The molecule has 0 aromatic heterocycles. The van der Waals surface area contributed by atoms with Gasteiger partial charge in [0.1, 0.15) is 0 Å². The summed E-state index contributed by atoms with van der Waals surface area (Å²) in [7, 11) is 0. The van der Waals surface area contributed by atoms with Gasteiger partial charge in [0, 0.05) is 39.3 Å². The van der Waals surface area contributed by atoms with E-state index in [9.17, 15) is 0 Å². The summed E-state index contributed by atoms with van der Waals surface area (Å²) in [6, 6.07) is 8.52. The molecule has 0 saturated carbocycles. The molecule has 2 aliphatic heterocycles. The van der Waals surface area contributed by atoms with Gasteiger partial charge in [-0.1, -0.05) is 24.3 Å². The second-order valence-corrected chi connectivity index (χ2v) is 8.16. The average Bonchev–Trinajstić information content (AvgIpc) is 2.70. The normalized spacial score (nSPS) is 23.7. The maximum atomic E-state index is 6.09. The van der Waals surface area contributed by atoms with Crippen LogP contribution in [0.1, 0.15) is 31.4 Å². The minimum absolute atomic E-state index is 0. The average molecular weight is 531 g/mol.